The zero-order valence-electron chi connectivity index (χ0n) is 12.0. The summed E-state index contributed by atoms with van der Waals surface area (Å²) in [5.41, 5.74) is 3.53. The van der Waals surface area contributed by atoms with E-state index in [9.17, 15) is 4.79 Å². The fourth-order valence-corrected chi connectivity index (χ4v) is 4.77. The lowest BCUT2D eigenvalue weighted by Gasteiger charge is -2.31. The molecule has 4 unspecified atom stereocenters. The first-order chi connectivity index (χ1) is 9.74. The Morgan fingerprint density at radius 1 is 1.30 bits per heavy atom. The van der Waals surface area contributed by atoms with E-state index in [1.807, 2.05) is 0 Å². The summed E-state index contributed by atoms with van der Waals surface area (Å²) in [6, 6.07) is 6.96. The first-order valence-corrected chi connectivity index (χ1v) is 7.84. The number of rotatable bonds is 3. The number of anilines is 1. The van der Waals surface area contributed by atoms with Crippen LogP contribution in [-0.2, 0) is 11.2 Å². The average Bonchev–Trinajstić information content (AvgIpc) is 3.12. The lowest BCUT2D eigenvalue weighted by Crippen LogP contribution is -2.29. The molecule has 20 heavy (non-hydrogen) atoms. The Balaban J connectivity index is 1.62. The van der Waals surface area contributed by atoms with Crippen molar-refractivity contribution in [2.45, 2.75) is 38.1 Å². The highest BCUT2D eigenvalue weighted by Crippen LogP contribution is 2.52. The minimum Gasteiger partial charge on any atom is -0.326 e. The van der Waals surface area contributed by atoms with Crippen molar-refractivity contribution >= 4 is 11.6 Å². The van der Waals surface area contributed by atoms with Gasteiger partial charge >= 0.3 is 0 Å². The van der Waals surface area contributed by atoms with Crippen LogP contribution in [0.2, 0.25) is 0 Å². The molecule has 0 saturated heterocycles. The van der Waals surface area contributed by atoms with Crippen LogP contribution in [0.3, 0.4) is 0 Å². The molecule has 3 heteroatoms. The van der Waals surface area contributed by atoms with Gasteiger partial charge in [0.05, 0.1) is 6.42 Å². The summed E-state index contributed by atoms with van der Waals surface area (Å²) in [7, 11) is 2.08. The summed E-state index contributed by atoms with van der Waals surface area (Å²) in [6.45, 7) is 0. The van der Waals surface area contributed by atoms with Gasteiger partial charge in [0.25, 0.3) is 0 Å². The molecule has 2 fully saturated rings. The molecule has 106 valence electrons. The van der Waals surface area contributed by atoms with Gasteiger partial charge in [-0.25, -0.2) is 0 Å². The number of amides is 1. The van der Waals surface area contributed by atoms with Gasteiger partial charge < -0.3 is 10.6 Å². The van der Waals surface area contributed by atoms with E-state index < -0.39 is 0 Å². The van der Waals surface area contributed by atoms with Crippen molar-refractivity contribution < 1.29 is 4.79 Å². The highest BCUT2D eigenvalue weighted by Gasteiger charge is 2.43. The molecule has 4 rings (SSSR count). The quantitative estimate of drug-likeness (QED) is 0.886. The van der Waals surface area contributed by atoms with Crippen LogP contribution in [0.5, 0.6) is 0 Å². The molecule has 2 N–H and O–H groups in total. The van der Waals surface area contributed by atoms with Gasteiger partial charge in [0, 0.05) is 11.7 Å². The molecule has 4 atom stereocenters. The molecular weight excluding hydrogens is 248 g/mol. The van der Waals surface area contributed by atoms with Crippen LogP contribution in [0.4, 0.5) is 5.69 Å². The van der Waals surface area contributed by atoms with Gasteiger partial charge in [-0.2, -0.15) is 0 Å². The number of hydrogen-bond donors (Lipinski definition) is 2. The van der Waals surface area contributed by atoms with Gasteiger partial charge in [0.2, 0.25) is 5.91 Å². The summed E-state index contributed by atoms with van der Waals surface area (Å²) in [5.74, 6) is 2.78. The Bertz CT molecular complexity index is 554. The van der Waals surface area contributed by atoms with Gasteiger partial charge in [-0.05, 0) is 61.3 Å². The Kier molecular flexibility index (Phi) is 2.84. The topological polar surface area (TPSA) is 41.1 Å². The van der Waals surface area contributed by atoms with Crippen LogP contribution < -0.4 is 10.6 Å². The molecule has 2 aliphatic carbocycles. The van der Waals surface area contributed by atoms with Crippen molar-refractivity contribution in [1.29, 1.82) is 0 Å². The summed E-state index contributed by atoms with van der Waals surface area (Å²) in [4.78, 5) is 11.5. The Morgan fingerprint density at radius 2 is 2.20 bits per heavy atom. The van der Waals surface area contributed by atoms with Crippen molar-refractivity contribution in [3.8, 4) is 0 Å². The lowest BCUT2D eigenvalue weighted by molar-refractivity contribution is -0.115. The highest BCUT2D eigenvalue weighted by molar-refractivity contribution is 5.99. The third kappa shape index (κ3) is 1.87. The molecule has 3 nitrogen and oxygen atoms in total. The fraction of sp³-hybridized carbons (Fsp3) is 0.588. The standard InChI is InChI=1S/C17H22N2O/c1-18-17(14-7-10-2-3-11(14)6-10)12-4-5-15-13(8-12)9-16(20)19-15/h4-5,8,10-11,14,17-18H,2-3,6-7,9H2,1H3,(H,19,20). The number of benzene rings is 1. The maximum atomic E-state index is 11.5. The van der Waals surface area contributed by atoms with Crippen molar-refractivity contribution in [2.75, 3.05) is 12.4 Å². The fourth-order valence-electron chi connectivity index (χ4n) is 4.77. The Hall–Kier alpha value is -1.35. The van der Waals surface area contributed by atoms with E-state index in [0.717, 1.165) is 29.0 Å². The Labute approximate surface area is 120 Å². The van der Waals surface area contributed by atoms with Crippen molar-refractivity contribution in [3.05, 3.63) is 29.3 Å². The van der Waals surface area contributed by atoms with E-state index in [1.54, 1.807) is 0 Å². The molecule has 1 aliphatic heterocycles. The second-order valence-corrected chi connectivity index (χ2v) is 6.75. The SMILES string of the molecule is CNC(c1ccc2c(c1)CC(=O)N2)C1CC2CCC1C2. The summed E-state index contributed by atoms with van der Waals surface area (Å²) < 4.78 is 0. The molecule has 1 heterocycles. The Morgan fingerprint density at radius 3 is 2.90 bits per heavy atom. The zero-order chi connectivity index (χ0) is 13.7. The monoisotopic (exact) mass is 270 g/mol. The van der Waals surface area contributed by atoms with Gasteiger partial charge in [-0.15, -0.1) is 0 Å². The minimum atomic E-state index is 0.123. The molecule has 2 saturated carbocycles. The molecule has 1 amide bonds. The molecule has 0 aromatic heterocycles. The normalized spacial score (nSPS) is 32.2. The molecule has 0 radical (unpaired) electrons. The van der Waals surface area contributed by atoms with Crippen LogP contribution in [0.15, 0.2) is 18.2 Å². The minimum absolute atomic E-state index is 0.123. The number of carbonyl (C=O) groups excluding carboxylic acids is 1. The van der Waals surface area contributed by atoms with Gasteiger partial charge in [-0.1, -0.05) is 18.6 Å². The first kappa shape index (κ1) is 12.4. The van der Waals surface area contributed by atoms with Gasteiger partial charge in [0.15, 0.2) is 0 Å². The lowest BCUT2D eigenvalue weighted by atomic mass is 9.80. The second-order valence-electron chi connectivity index (χ2n) is 6.75. The van der Waals surface area contributed by atoms with Crippen molar-refractivity contribution in [3.63, 3.8) is 0 Å². The van der Waals surface area contributed by atoms with Crippen LogP contribution in [0.25, 0.3) is 0 Å². The van der Waals surface area contributed by atoms with Crippen LogP contribution >= 0.6 is 0 Å². The van der Waals surface area contributed by atoms with E-state index in [2.05, 4.69) is 35.9 Å². The van der Waals surface area contributed by atoms with Crippen LogP contribution in [-0.4, -0.2) is 13.0 Å². The summed E-state index contributed by atoms with van der Waals surface area (Å²) >= 11 is 0. The largest absolute Gasteiger partial charge is 0.326 e. The molecule has 1 aromatic rings. The van der Waals surface area contributed by atoms with Crippen molar-refractivity contribution in [2.24, 2.45) is 17.8 Å². The highest BCUT2D eigenvalue weighted by atomic mass is 16.1. The smallest absolute Gasteiger partial charge is 0.228 e. The van der Waals surface area contributed by atoms with E-state index in [1.165, 1.54) is 31.2 Å². The average molecular weight is 270 g/mol. The number of carbonyl (C=O) groups is 1. The number of hydrogen-bond acceptors (Lipinski definition) is 2. The molecule has 1 aromatic carbocycles. The zero-order valence-corrected chi connectivity index (χ0v) is 12.0. The third-order valence-corrected chi connectivity index (χ3v) is 5.65. The third-order valence-electron chi connectivity index (χ3n) is 5.65. The maximum Gasteiger partial charge on any atom is 0.228 e. The van der Waals surface area contributed by atoms with Crippen LogP contribution in [0.1, 0.15) is 42.9 Å². The van der Waals surface area contributed by atoms with E-state index in [4.69, 9.17) is 0 Å². The maximum absolute atomic E-state index is 11.5. The van der Waals surface area contributed by atoms with Gasteiger partial charge in [0.1, 0.15) is 0 Å². The van der Waals surface area contributed by atoms with Crippen LogP contribution in [0, 0.1) is 17.8 Å². The van der Waals surface area contributed by atoms with Crippen molar-refractivity contribution in [1.82, 2.24) is 5.32 Å². The van der Waals surface area contributed by atoms with E-state index in [0.29, 0.717) is 12.5 Å². The predicted molar refractivity (Wildman–Crippen MR) is 79.5 cm³/mol. The number of nitrogens with one attached hydrogen (secondary N) is 2. The van der Waals surface area contributed by atoms with E-state index >= 15 is 0 Å². The summed E-state index contributed by atoms with van der Waals surface area (Å²) in [6.07, 6.45) is 6.22. The predicted octanol–water partition coefficient (Wildman–Crippen LogP) is 2.88. The summed E-state index contributed by atoms with van der Waals surface area (Å²) in [5, 5.41) is 6.46. The molecule has 2 bridgehead atoms. The van der Waals surface area contributed by atoms with E-state index in [-0.39, 0.29) is 5.91 Å². The number of fused-ring (bicyclic) bond motifs is 3. The van der Waals surface area contributed by atoms with Gasteiger partial charge in [-0.3, -0.25) is 4.79 Å². The molecular formula is C17H22N2O. The molecule has 3 aliphatic rings. The molecule has 0 spiro atoms. The first-order valence-electron chi connectivity index (χ1n) is 7.84. The second kappa shape index (κ2) is 4.59.